The molecular formula is C15H19N3S. The van der Waals surface area contributed by atoms with E-state index in [9.17, 15) is 0 Å². The van der Waals surface area contributed by atoms with Crippen molar-refractivity contribution in [3.63, 3.8) is 0 Å². The molecule has 1 N–H and O–H groups in total. The Bertz CT molecular complexity index is 599. The van der Waals surface area contributed by atoms with Crippen LogP contribution in [0, 0.1) is 16.6 Å². The molecular weight excluding hydrogens is 254 g/mol. The molecule has 1 saturated carbocycles. The van der Waals surface area contributed by atoms with E-state index in [-0.39, 0.29) is 0 Å². The second-order valence-corrected chi connectivity index (χ2v) is 6.00. The Kier molecular flexibility index (Phi) is 3.51. The lowest BCUT2D eigenvalue weighted by atomic mass is 10.1. The predicted molar refractivity (Wildman–Crippen MR) is 79.4 cm³/mol. The van der Waals surface area contributed by atoms with Crippen LogP contribution in [0.25, 0.3) is 11.4 Å². The summed E-state index contributed by atoms with van der Waals surface area (Å²) < 4.78 is 2.89. The number of benzene rings is 1. The van der Waals surface area contributed by atoms with Crippen molar-refractivity contribution in [3.05, 3.63) is 35.1 Å². The Morgan fingerprint density at radius 1 is 1.32 bits per heavy atom. The zero-order valence-corrected chi connectivity index (χ0v) is 12.0. The number of nitrogens with one attached hydrogen (secondary N) is 1. The van der Waals surface area contributed by atoms with Crippen LogP contribution in [0.1, 0.15) is 26.2 Å². The highest BCUT2D eigenvalue weighted by molar-refractivity contribution is 7.71. The topological polar surface area (TPSA) is 33.6 Å². The number of aromatic amines is 1. The Labute approximate surface area is 118 Å². The van der Waals surface area contributed by atoms with Crippen molar-refractivity contribution in [1.29, 1.82) is 0 Å². The van der Waals surface area contributed by atoms with Crippen LogP contribution in [0.15, 0.2) is 30.3 Å². The van der Waals surface area contributed by atoms with Crippen LogP contribution in [-0.2, 0) is 6.54 Å². The van der Waals surface area contributed by atoms with Gasteiger partial charge in [0.05, 0.1) is 0 Å². The first-order chi connectivity index (χ1) is 9.24. The van der Waals surface area contributed by atoms with E-state index in [2.05, 4.69) is 33.8 Å². The summed E-state index contributed by atoms with van der Waals surface area (Å²) in [7, 11) is 0. The third-order valence-electron chi connectivity index (χ3n) is 4.03. The summed E-state index contributed by atoms with van der Waals surface area (Å²) in [5, 5.41) is 7.33. The number of H-pyrrole nitrogens is 1. The summed E-state index contributed by atoms with van der Waals surface area (Å²) >= 11 is 5.38. The Balaban J connectivity index is 1.89. The second-order valence-electron chi connectivity index (χ2n) is 5.61. The molecule has 0 amide bonds. The van der Waals surface area contributed by atoms with E-state index in [0.717, 1.165) is 34.5 Å². The minimum atomic E-state index is 0.735. The summed E-state index contributed by atoms with van der Waals surface area (Å²) in [5.74, 6) is 2.55. The Morgan fingerprint density at radius 3 is 2.79 bits per heavy atom. The number of aromatic nitrogens is 3. The van der Waals surface area contributed by atoms with Gasteiger partial charge in [0.1, 0.15) is 0 Å². The minimum absolute atomic E-state index is 0.735. The molecule has 0 saturated heterocycles. The maximum absolute atomic E-state index is 5.38. The van der Waals surface area contributed by atoms with Gasteiger partial charge in [0.25, 0.3) is 0 Å². The van der Waals surface area contributed by atoms with Gasteiger partial charge >= 0.3 is 0 Å². The fourth-order valence-electron chi connectivity index (χ4n) is 3.04. The van der Waals surface area contributed by atoms with Gasteiger partial charge in [-0.3, -0.25) is 9.67 Å². The first kappa shape index (κ1) is 12.6. The highest BCUT2D eigenvalue weighted by Gasteiger charge is 2.23. The van der Waals surface area contributed by atoms with Gasteiger partial charge in [0.2, 0.25) is 0 Å². The maximum atomic E-state index is 5.38. The van der Waals surface area contributed by atoms with Gasteiger partial charge in [-0.1, -0.05) is 43.7 Å². The summed E-state index contributed by atoms with van der Waals surface area (Å²) in [6.07, 6.45) is 3.96. The number of hydrogen-bond acceptors (Lipinski definition) is 2. The molecule has 2 atom stereocenters. The van der Waals surface area contributed by atoms with Crippen LogP contribution in [0.2, 0.25) is 0 Å². The first-order valence-electron chi connectivity index (χ1n) is 6.94. The van der Waals surface area contributed by atoms with Gasteiger partial charge in [-0.2, -0.15) is 5.10 Å². The van der Waals surface area contributed by atoms with Crippen LogP contribution in [-0.4, -0.2) is 14.8 Å². The average Bonchev–Trinajstić information content (AvgIpc) is 2.99. The van der Waals surface area contributed by atoms with Gasteiger partial charge in [-0.15, -0.1) is 0 Å². The van der Waals surface area contributed by atoms with Crippen LogP contribution >= 0.6 is 12.2 Å². The Hall–Kier alpha value is -1.42. The monoisotopic (exact) mass is 273 g/mol. The zero-order valence-electron chi connectivity index (χ0n) is 11.2. The molecule has 0 bridgehead atoms. The van der Waals surface area contributed by atoms with Crippen molar-refractivity contribution in [2.45, 2.75) is 32.7 Å². The van der Waals surface area contributed by atoms with E-state index < -0.39 is 0 Å². The van der Waals surface area contributed by atoms with E-state index in [4.69, 9.17) is 12.2 Å². The maximum Gasteiger partial charge on any atom is 0.195 e. The highest BCUT2D eigenvalue weighted by atomic mass is 32.1. The molecule has 100 valence electrons. The molecule has 4 heteroatoms. The summed E-state index contributed by atoms with van der Waals surface area (Å²) in [6.45, 7) is 3.33. The van der Waals surface area contributed by atoms with Gasteiger partial charge in [0.15, 0.2) is 10.6 Å². The lowest BCUT2D eigenvalue weighted by Crippen LogP contribution is -2.09. The third-order valence-corrected chi connectivity index (χ3v) is 4.35. The van der Waals surface area contributed by atoms with Crippen molar-refractivity contribution < 1.29 is 0 Å². The summed E-state index contributed by atoms with van der Waals surface area (Å²) in [4.78, 5) is 0. The van der Waals surface area contributed by atoms with Crippen molar-refractivity contribution in [3.8, 4) is 11.4 Å². The van der Waals surface area contributed by atoms with Crippen LogP contribution < -0.4 is 0 Å². The molecule has 3 rings (SSSR count). The van der Waals surface area contributed by atoms with Crippen molar-refractivity contribution in [1.82, 2.24) is 14.8 Å². The van der Waals surface area contributed by atoms with Gasteiger partial charge < -0.3 is 0 Å². The molecule has 0 aliphatic heterocycles. The molecule has 1 aliphatic carbocycles. The average molecular weight is 273 g/mol. The van der Waals surface area contributed by atoms with E-state index in [1.165, 1.54) is 19.3 Å². The van der Waals surface area contributed by atoms with Crippen molar-refractivity contribution >= 4 is 12.2 Å². The lowest BCUT2D eigenvalue weighted by molar-refractivity contribution is 0.440. The normalized spacial score (nSPS) is 22.8. The number of rotatable bonds is 3. The fourth-order valence-corrected chi connectivity index (χ4v) is 3.25. The molecule has 0 spiro atoms. The van der Waals surface area contributed by atoms with Gasteiger partial charge in [-0.05, 0) is 36.9 Å². The Morgan fingerprint density at radius 2 is 2.11 bits per heavy atom. The molecule has 3 nitrogen and oxygen atoms in total. The number of nitrogens with zero attached hydrogens (tertiary/aromatic N) is 2. The van der Waals surface area contributed by atoms with E-state index in [0.29, 0.717) is 0 Å². The zero-order chi connectivity index (χ0) is 13.2. The SMILES string of the molecule is CC1CCC(Cn2c(-c3ccccc3)n[nH]c2=S)C1. The van der Waals surface area contributed by atoms with Crippen molar-refractivity contribution in [2.24, 2.45) is 11.8 Å². The fraction of sp³-hybridized carbons (Fsp3) is 0.467. The molecule has 1 aromatic heterocycles. The smallest absolute Gasteiger partial charge is 0.195 e. The molecule has 1 fully saturated rings. The van der Waals surface area contributed by atoms with Gasteiger partial charge in [-0.25, -0.2) is 0 Å². The quantitative estimate of drug-likeness (QED) is 0.856. The second kappa shape index (κ2) is 5.29. The minimum Gasteiger partial charge on any atom is -0.300 e. The lowest BCUT2D eigenvalue weighted by Gasteiger charge is -2.12. The molecule has 19 heavy (non-hydrogen) atoms. The standard InChI is InChI=1S/C15H19N3S/c1-11-7-8-12(9-11)10-18-14(16-17-15(18)19)13-5-3-2-4-6-13/h2-6,11-12H,7-10H2,1H3,(H,17,19). The molecule has 2 aromatic rings. The molecule has 2 unspecified atom stereocenters. The van der Waals surface area contributed by atoms with E-state index >= 15 is 0 Å². The summed E-state index contributed by atoms with van der Waals surface area (Å²) in [6, 6.07) is 10.3. The molecule has 1 aromatic carbocycles. The van der Waals surface area contributed by atoms with E-state index in [1.54, 1.807) is 0 Å². The van der Waals surface area contributed by atoms with Crippen LogP contribution in [0.5, 0.6) is 0 Å². The van der Waals surface area contributed by atoms with Gasteiger partial charge in [0, 0.05) is 12.1 Å². The number of hydrogen-bond donors (Lipinski definition) is 1. The first-order valence-corrected chi connectivity index (χ1v) is 7.35. The summed E-state index contributed by atoms with van der Waals surface area (Å²) in [5.41, 5.74) is 1.13. The predicted octanol–water partition coefficient (Wildman–Crippen LogP) is 4.04. The molecule has 1 heterocycles. The van der Waals surface area contributed by atoms with Crippen LogP contribution in [0.3, 0.4) is 0 Å². The highest BCUT2D eigenvalue weighted by Crippen LogP contribution is 2.32. The van der Waals surface area contributed by atoms with Crippen molar-refractivity contribution in [2.75, 3.05) is 0 Å². The molecule has 0 radical (unpaired) electrons. The van der Waals surface area contributed by atoms with E-state index in [1.807, 2.05) is 18.2 Å². The third kappa shape index (κ3) is 2.63. The molecule has 1 aliphatic rings. The van der Waals surface area contributed by atoms with Crippen LogP contribution in [0.4, 0.5) is 0 Å². The largest absolute Gasteiger partial charge is 0.300 e.